The molecule has 1 heterocycles. The molecule has 1 aliphatic heterocycles. The Hall–Kier alpha value is -2.08. The summed E-state index contributed by atoms with van der Waals surface area (Å²) in [5.41, 5.74) is 0.349. The number of nitrogens with one attached hydrogen (secondary N) is 1. The summed E-state index contributed by atoms with van der Waals surface area (Å²) in [7, 11) is 0. The van der Waals surface area contributed by atoms with Gasteiger partial charge in [-0.05, 0) is 46.3 Å². The lowest BCUT2D eigenvalue weighted by Crippen LogP contribution is -2.40. The molecule has 0 aromatic heterocycles. The lowest BCUT2D eigenvalue weighted by molar-refractivity contribution is -0.125. The van der Waals surface area contributed by atoms with Gasteiger partial charge in [0.15, 0.2) is 11.5 Å². The van der Waals surface area contributed by atoms with Crippen LogP contribution in [0.2, 0.25) is 0 Å². The predicted octanol–water partition coefficient (Wildman–Crippen LogP) is 3.37. The Morgan fingerprint density at radius 2 is 2.00 bits per heavy atom. The van der Waals surface area contributed by atoms with E-state index < -0.39 is 17.8 Å². The van der Waals surface area contributed by atoms with Crippen LogP contribution in [0.4, 0.5) is 10.1 Å². The number of carbonyl (C=O) groups is 1. The van der Waals surface area contributed by atoms with Gasteiger partial charge in [-0.15, -0.1) is 0 Å². The third-order valence-electron chi connectivity index (χ3n) is 2.99. The van der Waals surface area contributed by atoms with Gasteiger partial charge in [0.25, 0.3) is 5.91 Å². The third-order valence-corrected chi connectivity index (χ3v) is 3.68. The molecule has 0 radical (unpaired) electrons. The first-order valence-corrected chi connectivity index (χ1v) is 7.07. The number of fused-ring (bicyclic) bond motifs is 1. The maximum absolute atomic E-state index is 13.2. The van der Waals surface area contributed by atoms with Gasteiger partial charge in [-0.1, -0.05) is 12.1 Å². The minimum atomic E-state index is -0.782. The minimum Gasteiger partial charge on any atom is -0.485 e. The number of para-hydroxylation sites is 2. The first kappa shape index (κ1) is 13.9. The van der Waals surface area contributed by atoms with E-state index in [1.807, 2.05) is 6.07 Å². The van der Waals surface area contributed by atoms with E-state index in [0.29, 0.717) is 21.7 Å². The number of hydrogen-bond donors (Lipinski definition) is 1. The van der Waals surface area contributed by atoms with Gasteiger partial charge in [0.2, 0.25) is 6.10 Å². The van der Waals surface area contributed by atoms with Crippen molar-refractivity contribution in [2.75, 3.05) is 11.9 Å². The van der Waals surface area contributed by atoms with E-state index in [1.165, 1.54) is 18.2 Å². The molecule has 4 nitrogen and oxygen atoms in total. The highest BCUT2D eigenvalue weighted by Gasteiger charge is 2.27. The zero-order valence-electron chi connectivity index (χ0n) is 10.8. The van der Waals surface area contributed by atoms with Crippen LogP contribution in [-0.2, 0) is 4.79 Å². The fourth-order valence-electron chi connectivity index (χ4n) is 1.96. The van der Waals surface area contributed by atoms with E-state index in [-0.39, 0.29) is 6.61 Å². The summed E-state index contributed by atoms with van der Waals surface area (Å²) in [6.07, 6.45) is -0.782. The second-order valence-corrected chi connectivity index (χ2v) is 5.33. The fourth-order valence-corrected chi connectivity index (χ4v) is 2.30. The highest BCUT2D eigenvalue weighted by molar-refractivity contribution is 9.10. The van der Waals surface area contributed by atoms with Crippen LogP contribution in [0.1, 0.15) is 0 Å². The first-order chi connectivity index (χ1) is 10.1. The van der Waals surface area contributed by atoms with Gasteiger partial charge >= 0.3 is 0 Å². The van der Waals surface area contributed by atoms with E-state index in [1.54, 1.807) is 18.2 Å². The Labute approximate surface area is 129 Å². The van der Waals surface area contributed by atoms with E-state index in [0.717, 1.165) is 0 Å². The van der Waals surface area contributed by atoms with Crippen LogP contribution in [0.25, 0.3) is 0 Å². The maximum Gasteiger partial charge on any atom is 0.269 e. The molecule has 2 aromatic carbocycles. The molecule has 0 fully saturated rings. The van der Waals surface area contributed by atoms with Crippen molar-refractivity contribution in [3.05, 3.63) is 52.8 Å². The number of hydrogen-bond acceptors (Lipinski definition) is 3. The number of amides is 1. The molecule has 1 aliphatic rings. The quantitative estimate of drug-likeness (QED) is 0.902. The highest BCUT2D eigenvalue weighted by Crippen LogP contribution is 2.31. The van der Waals surface area contributed by atoms with E-state index in [4.69, 9.17) is 9.47 Å². The van der Waals surface area contributed by atoms with E-state index in [9.17, 15) is 9.18 Å². The molecule has 0 spiro atoms. The van der Waals surface area contributed by atoms with Crippen molar-refractivity contribution in [3.8, 4) is 11.5 Å². The number of halogens is 2. The van der Waals surface area contributed by atoms with Gasteiger partial charge < -0.3 is 14.8 Å². The second-order valence-electron chi connectivity index (χ2n) is 4.48. The monoisotopic (exact) mass is 351 g/mol. The van der Waals surface area contributed by atoms with Crippen molar-refractivity contribution in [2.24, 2.45) is 0 Å². The van der Waals surface area contributed by atoms with Gasteiger partial charge in [0.1, 0.15) is 12.4 Å². The number of carbonyl (C=O) groups excluding carboxylic acids is 1. The molecule has 6 heteroatoms. The van der Waals surface area contributed by atoms with Crippen LogP contribution in [-0.4, -0.2) is 18.6 Å². The molecule has 0 saturated heterocycles. The molecule has 21 heavy (non-hydrogen) atoms. The van der Waals surface area contributed by atoms with Gasteiger partial charge in [-0.3, -0.25) is 4.79 Å². The molecule has 1 amide bonds. The third kappa shape index (κ3) is 3.00. The predicted molar refractivity (Wildman–Crippen MR) is 79.1 cm³/mol. The molecular weight excluding hydrogens is 341 g/mol. The van der Waals surface area contributed by atoms with Crippen molar-refractivity contribution in [3.63, 3.8) is 0 Å². The Balaban J connectivity index is 1.74. The Morgan fingerprint density at radius 3 is 2.81 bits per heavy atom. The summed E-state index contributed by atoms with van der Waals surface area (Å²) < 4.78 is 24.9. The Kier molecular flexibility index (Phi) is 3.79. The largest absolute Gasteiger partial charge is 0.485 e. The molecule has 2 aromatic rings. The second kappa shape index (κ2) is 5.73. The molecule has 1 atom stereocenters. The normalized spacial score (nSPS) is 16.4. The maximum atomic E-state index is 13.2. The van der Waals surface area contributed by atoms with Gasteiger partial charge in [-0.25, -0.2) is 4.39 Å². The van der Waals surface area contributed by atoms with Gasteiger partial charge in [0.05, 0.1) is 5.69 Å². The SMILES string of the molecule is O=C(Nc1cc(F)ccc1Br)C1COc2ccccc2O1. The number of rotatable bonds is 2. The van der Waals surface area contributed by atoms with Crippen LogP contribution in [0, 0.1) is 5.82 Å². The molecule has 1 N–H and O–H groups in total. The van der Waals surface area contributed by atoms with Crippen LogP contribution in [0.5, 0.6) is 11.5 Å². The van der Waals surface area contributed by atoms with E-state index >= 15 is 0 Å². The zero-order chi connectivity index (χ0) is 14.8. The van der Waals surface area contributed by atoms with Crippen molar-refractivity contribution in [1.29, 1.82) is 0 Å². The zero-order valence-corrected chi connectivity index (χ0v) is 12.4. The minimum absolute atomic E-state index is 0.107. The summed E-state index contributed by atoms with van der Waals surface area (Å²) in [6.45, 7) is 0.107. The average Bonchev–Trinajstić information content (AvgIpc) is 2.50. The molecular formula is C15H11BrFNO3. The van der Waals surface area contributed by atoms with Crippen LogP contribution in [0.3, 0.4) is 0 Å². The fraction of sp³-hybridized carbons (Fsp3) is 0.133. The van der Waals surface area contributed by atoms with Gasteiger partial charge in [-0.2, -0.15) is 0 Å². The summed E-state index contributed by atoms with van der Waals surface area (Å²) >= 11 is 3.26. The molecule has 1 unspecified atom stereocenters. The van der Waals surface area contributed by atoms with Crippen LogP contribution in [0.15, 0.2) is 46.9 Å². The number of ether oxygens (including phenoxy) is 2. The summed E-state index contributed by atoms with van der Waals surface area (Å²) in [5.74, 6) is 0.297. The summed E-state index contributed by atoms with van der Waals surface area (Å²) in [5, 5.41) is 2.62. The Bertz CT molecular complexity index is 692. The molecule has 0 bridgehead atoms. The van der Waals surface area contributed by atoms with Crippen molar-refractivity contribution < 1.29 is 18.7 Å². The van der Waals surface area contributed by atoms with Crippen molar-refractivity contribution in [2.45, 2.75) is 6.10 Å². The first-order valence-electron chi connectivity index (χ1n) is 6.28. The van der Waals surface area contributed by atoms with Crippen molar-refractivity contribution >= 4 is 27.5 Å². The standard InChI is InChI=1S/C15H11BrFNO3/c16-10-6-5-9(17)7-11(10)18-15(19)14-8-20-12-3-1-2-4-13(12)21-14/h1-7,14H,8H2,(H,18,19). The molecule has 0 saturated carbocycles. The number of benzene rings is 2. The van der Waals surface area contributed by atoms with Gasteiger partial charge in [0, 0.05) is 4.47 Å². The highest BCUT2D eigenvalue weighted by atomic mass is 79.9. The average molecular weight is 352 g/mol. The summed E-state index contributed by atoms with van der Waals surface area (Å²) in [4.78, 5) is 12.2. The molecule has 108 valence electrons. The summed E-state index contributed by atoms with van der Waals surface area (Å²) in [6, 6.07) is 11.2. The van der Waals surface area contributed by atoms with Crippen LogP contribution < -0.4 is 14.8 Å². The number of anilines is 1. The molecule has 0 aliphatic carbocycles. The lowest BCUT2D eigenvalue weighted by Gasteiger charge is -2.25. The lowest BCUT2D eigenvalue weighted by atomic mass is 10.2. The van der Waals surface area contributed by atoms with Crippen LogP contribution >= 0.6 is 15.9 Å². The molecule has 3 rings (SSSR count). The van der Waals surface area contributed by atoms with Crippen molar-refractivity contribution in [1.82, 2.24) is 0 Å². The smallest absolute Gasteiger partial charge is 0.269 e. The topological polar surface area (TPSA) is 47.6 Å². The Morgan fingerprint density at radius 1 is 1.24 bits per heavy atom. The van der Waals surface area contributed by atoms with E-state index in [2.05, 4.69) is 21.2 Å².